The monoisotopic (exact) mass is 319 g/mol. The van der Waals surface area contributed by atoms with Crippen LogP contribution in [-0.4, -0.2) is 62.4 Å². The van der Waals surface area contributed by atoms with E-state index in [1.165, 1.54) is 16.0 Å². The first-order valence-corrected chi connectivity index (χ1v) is 7.24. The Kier molecular flexibility index (Phi) is 5.09. The maximum absolute atomic E-state index is 12.6. The van der Waals surface area contributed by atoms with E-state index in [2.05, 4.69) is 15.2 Å². The van der Waals surface area contributed by atoms with Crippen LogP contribution in [0.5, 0.6) is 0 Å². The minimum Gasteiger partial charge on any atom is -0.340 e. The summed E-state index contributed by atoms with van der Waals surface area (Å²) in [5, 5.41) is 8.22. The molecule has 2 amide bonds. The Labute approximate surface area is 134 Å². The van der Waals surface area contributed by atoms with Crippen molar-refractivity contribution in [3.05, 3.63) is 23.9 Å². The molecule has 0 saturated heterocycles. The minimum atomic E-state index is -0.173. The first kappa shape index (κ1) is 16.7. The van der Waals surface area contributed by atoms with Crippen LogP contribution in [0.1, 0.15) is 22.6 Å². The lowest BCUT2D eigenvalue weighted by molar-refractivity contribution is -0.107. The number of amides is 2. The van der Waals surface area contributed by atoms with Gasteiger partial charge in [-0.05, 0) is 12.8 Å². The second-order valence-corrected chi connectivity index (χ2v) is 5.40. The summed E-state index contributed by atoms with van der Waals surface area (Å²) in [4.78, 5) is 32.1. The van der Waals surface area contributed by atoms with Crippen LogP contribution in [0.25, 0.3) is 0 Å². The van der Waals surface area contributed by atoms with E-state index in [1.807, 2.05) is 0 Å². The minimum absolute atomic E-state index is 0.173. The highest BCUT2D eigenvalue weighted by molar-refractivity contribution is 5.99. The fraction of sp³-hybridized carbons (Fsp3) is 0.500. The maximum Gasteiger partial charge on any atom is 0.274 e. The highest BCUT2D eigenvalue weighted by Gasteiger charge is 2.22. The van der Waals surface area contributed by atoms with Crippen molar-refractivity contribution >= 4 is 18.1 Å². The lowest BCUT2D eigenvalue weighted by Crippen LogP contribution is -2.31. The summed E-state index contributed by atoms with van der Waals surface area (Å²) in [6.07, 6.45) is 5.40. The van der Waals surface area contributed by atoms with E-state index in [4.69, 9.17) is 0 Å². The van der Waals surface area contributed by atoms with Gasteiger partial charge in [0.05, 0.1) is 18.2 Å². The standard InChI is InChI=1S/C14H21N7O2/c1-18(7-5-6-11-8-16-21(4)17-11)14(23)12-13(20(3)10-22)15-9-19(12)2/h8-10H,5-7H2,1-4H3. The Hall–Kier alpha value is -2.71. The topological polar surface area (TPSA) is 89.2 Å². The van der Waals surface area contributed by atoms with Crippen molar-refractivity contribution in [1.82, 2.24) is 29.4 Å². The first-order valence-electron chi connectivity index (χ1n) is 7.24. The quantitative estimate of drug-likeness (QED) is 0.662. The van der Waals surface area contributed by atoms with Gasteiger partial charge >= 0.3 is 0 Å². The van der Waals surface area contributed by atoms with Gasteiger partial charge in [-0.1, -0.05) is 0 Å². The van der Waals surface area contributed by atoms with Gasteiger partial charge in [0.1, 0.15) is 0 Å². The van der Waals surface area contributed by atoms with Crippen molar-refractivity contribution < 1.29 is 9.59 Å². The number of anilines is 1. The summed E-state index contributed by atoms with van der Waals surface area (Å²) in [6.45, 7) is 0.574. The second kappa shape index (κ2) is 7.03. The molecule has 9 heteroatoms. The predicted octanol–water partition coefficient (Wildman–Crippen LogP) is -0.154. The van der Waals surface area contributed by atoms with Crippen LogP contribution in [0.2, 0.25) is 0 Å². The molecular weight excluding hydrogens is 298 g/mol. The molecule has 9 nitrogen and oxygen atoms in total. The molecule has 0 unspecified atom stereocenters. The van der Waals surface area contributed by atoms with Gasteiger partial charge in [-0.15, -0.1) is 0 Å². The van der Waals surface area contributed by atoms with Crippen LogP contribution in [0.4, 0.5) is 5.82 Å². The van der Waals surface area contributed by atoms with E-state index in [0.717, 1.165) is 18.5 Å². The van der Waals surface area contributed by atoms with Crippen molar-refractivity contribution in [2.75, 3.05) is 25.5 Å². The number of nitrogens with zero attached hydrogens (tertiary/aromatic N) is 7. The number of carbonyl (C=O) groups is 2. The molecule has 2 aromatic rings. The molecule has 0 aromatic carbocycles. The maximum atomic E-state index is 12.6. The molecule has 0 saturated carbocycles. The Morgan fingerprint density at radius 3 is 2.70 bits per heavy atom. The van der Waals surface area contributed by atoms with Crippen LogP contribution >= 0.6 is 0 Å². The number of hydrogen-bond acceptors (Lipinski definition) is 5. The van der Waals surface area contributed by atoms with Crippen LogP contribution < -0.4 is 4.90 Å². The number of hydrogen-bond donors (Lipinski definition) is 0. The van der Waals surface area contributed by atoms with Gasteiger partial charge in [0.2, 0.25) is 6.41 Å². The molecule has 2 rings (SSSR count). The third-order valence-electron chi connectivity index (χ3n) is 3.53. The molecule has 0 fully saturated rings. The summed E-state index contributed by atoms with van der Waals surface area (Å²) < 4.78 is 1.62. The molecule has 23 heavy (non-hydrogen) atoms. The van der Waals surface area contributed by atoms with E-state index in [0.29, 0.717) is 24.5 Å². The zero-order chi connectivity index (χ0) is 17.0. The molecule has 0 atom stereocenters. The van der Waals surface area contributed by atoms with E-state index in [-0.39, 0.29) is 5.91 Å². The molecule has 2 aromatic heterocycles. The van der Waals surface area contributed by atoms with Crippen LogP contribution in [0.3, 0.4) is 0 Å². The van der Waals surface area contributed by atoms with Gasteiger partial charge in [-0.2, -0.15) is 15.0 Å². The highest BCUT2D eigenvalue weighted by Crippen LogP contribution is 2.17. The molecule has 0 aliphatic carbocycles. The van der Waals surface area contributed by atoms with Crippen molar-refractivity contribution in [1.29, 1.82) is 0 Å². The van der Waals surface area contributed by atoms with E-state index < -0.39 is 0 Å². The fourth-order valence-corrected chi connectivity index (χ4v) is 2.25. The number of carbonyl (C=O) groups excluding carboxylic acids is 2. The summed E-state index contributed by atoms with van der Waals surface area (Å²) in [5.41, 5.74) is 1.29. The molecule has 0 spiro atoms. The number of aromatic nitrogens is 5. The Balaban J connectivity index is 1.99. The van der Waals surface area contributed by atoms with Crippen molar-refractivity contribution in [3.63, 3.8) is 0 Å². The van der Waals surface area contributed by atoms with E-state index in [9.17, 15) is 9.59 Å². The Bertz CT molecular complexity index is 691. The van der Waals surface area contributed by atoms with Gasteiger partial charge < -0.3 is 14.4 Å². The molecule has 0 N–H and O–H groups in total. The zero-order valence-electron chi connectivity index (χ0n) is 13.8. The molecular formula is C14H21N7O2. The summed E-state index contributed by atoms with van der Waals surface area (Å²) >= 11 is 0. The normalized spacial score (nSPS) is 10.6. The SMILES string of the molecule is CN(CCCc1cnn(C)n1)C(=O)c1c(N(C)C=O)ncn1C. The predicted molar refractivity (Wildman–Crippen MR) is 84.0 cm³/mol. The number of imidazole rings is 1. The molecule has 124 valence electrons. The fourth-order valence-electron chi connectivity index (χ4n) is 2.25. The molecule has 0 bridgehead atoms. The molecule has 0 aliphatic rings. The smallest absolute Gasteiger partial charge is 0.274 e. The van der Waals surface area contributed by atoms with Crippen LogP contribution in [0.15, 0.2) is 12.5 Å². The van der Waals surface area contributed by atoms with Crippen LogP contribution in [0, 0.1) is 0 Å². The Morgan fingerprint density at radius 2 is 2.09 bits per heavy atom. The van der Waals surface area contributed by atoms with E-state index >= 15 is 0 Å². The summed E-state index contributed by atoms with van der Waals surface area (Å²) in [7, 11) is 6.80. The third-order valence-corrected chi connectivity index (χ3v) is 3.53. The Morgan fingerprint density at radius 1 is 1.35 bits per heavy atom. The molecule has 0 radical (unpaired) electrons. The van der Waals surface area contributed by atoms with E-state index in [1.54, 1.807) is 43.9 Å². The lowest BCUT2D eigenvalue weighted by Gasteiger charge is -2.19. The largest absolute Gasteiger partial charge is 0.340 e. The van der Waals surface area contributed by atoms with Gasteiger partial charge in [-0.3, -0.25) is 9.59 Å². The van der Waals surface area contributed by atoms with Crippen molar-refractivity contribution in [3.8, 4) is 0 Å². The van der Waals surface area contributed by atoms with Crippen molar-refractivity contribution in [2.45, 2.75) is 12.8 Å². The number of aryl methyl sites for hydroxylation is 3. The summed E-state index contributed by atoms with van der Waals surface area (Å²) in [6, 6.07) is 0. The highest BCUT2D eigenvalue weighted by atomic mass is 16.2. The van der Waals surface area contributed by atoms with Gasteiger partial charge in [0.15, 0.2) is 11.5 Å². The third kappa shape index (κ3) is 3.74. The van der Waals surface area contributed by atoms with Gasteiger partial charge in [0.25, 0.3) is 5.91 Å². The first-order chi connectivity index (χ1) is 10.9. The van der Waals surface area contributed by atoms with Crippen molar-refractivity contribution in [2.24, 2.45) is 14.1 Å². The zero-order valence-corrected chi connectivity index (χ0v) is 13.8. The lowest BCUT2D eigenvalue weighted by atomic mass is 10.2. The second-order valence-electron chi connectivity index (χ2n) is 5.40. The molecule has 2 heterocycles. The molecule has 0 aliphatic heterocycles. The average Bonchev–Trinajstić information content (AvgIpc) is 3.11. The number of rotatable bonds is 7. The van der Waals surface area contributed by atoms with Crippen LogP contribution in [-0.2, 0) is 25.3 Å². The summed E-state index contributed by atoms with van der Waals surface area (Å²) in [5.74, 6) is 0.182. The van der Waals surface area contributed by atoms with Gasteiger partial charge in [-0.25, -0.2) is 4.98 Å². The average molecular weight is 319 g/mol. The van der Waals surface area contributed by atoms with Gasteiger partial charge in [0, 0.05) is 34.7 Å².